The van der Waals surface area contributed by atoms with E-state index < -0.39 is 5.91 Å². The van der Waals surface area contributed by atoms with Crippen LogP contribution in [0.1, 0.15) is 49.5 Å². The van der Waals surface area contributed by atoms with Crippen LogP contribution >= 0.6 is 0 Å². The second kappa shape index (κ2) is 7.80. The summed E-state index contributed by atoms with van der Waals surface area (Å²) >= 11 is 0. The van der Waals surface area contributed by atoms with Crippen LogP contribution in [0, 0.1) is 0 Å². The molecule has 0 saturated heterocycles. The number of fused-ring (bicyclic) bond motifs is 1. The van der Waals surface area contributed by atoms with Gasteiger partial charge in [0.1, 0.15) is 0 Å². The summed E-state index contributed by atoms with van der Waals surface area (Å²) in [5.41, 5.74) is 14.9. The van der Waals surface area contributed by atoms with Crippen LogP contribution < -0.4 is 11.5 Å². The van der Waals surface area contributed by atoms with Gasteiger partial charge in [-0.15, -0.1) is 0 Å². The molecule has 5 nitrogen and oxygen atoms in total. The Balaban J connectivity index is 2.25. The number of aromatic nitrogens is 1. The van der Waals surface area contributed by atoms with Crippen LogP contribution in [-0.4, -0.2) is 16.9 Å². The molecule has 4 N–H and O–H groups in total. The van der Waals surface area contributed by atoms with Crippen molar-refractivity contribution in [1.82, 2.24) is 4.98 Å². The Morgan fingerprint density at radius 1 is 1.07 bits per heavy atom. The van der Waals surface area contributed by atoms with Crippen molar-refractivity contribution in [2.75, 3.05) is 0 Å². The number of nitrogens with two attached hydrogens (primary N) is 2. The Kier molecular flexibility index (Phi) is 5.45. The Labute approximate surface area is 165 Å². The highest BCUT2D eigenvalue weighted by Crippen LogP contribution is 2.33. The number of rotatable bonds is 5. The molecule has 3 aromatic rings. The number of carbonyl (C=O) groups is 1. The third kappa shape index (κ3) is 4.03. The predicted molar refractivity (Wildman–Crippen MR) is 115 cm³/mol. The maximum Gasteiger partial charge on any atom is 0.280 e. The van der Waals surface area contributed by atoms with Gasteiger partial charge in [0.25, 0.3) is 5.91 Å². The zero-order valence-corrected chi connectivity index (χ0v) is 16.6. The maximum atomic E-state index is 12.8. The monoisotopic (exact) mass is 374 g/mol. The minimum absolute atomic E-state index is 0.00246. The second-order valence-electron chi connectivity index (χ2n) is 7.63. The molecule has 3 rings (SSSR count). The predicted octanol–water partition coefficient (Wildman–Crippen LogP) is 4.39. The average Bonchev–Trinajstić information content (AvgIpc) is 2.66. The van der Waals surface area contributed by atoms with Gasteiger partial charge in [0.2, 0.25) is 0 Å². The van der Waals surface area contributed by atoms with E-state index in [1.165, 1.54) is 0 Å². The normalized spacial score (nSPS) is 11.4. The van der Waals surface area contributed by atoms with Crippen molar-refractivity contribution in [3.63, 3.8) is 0 Å². The fourth-order valence-electron chi connectivity index (χ4n) is 3.53. The quantitative estimate of drug-likeness (QED) is 0.511. The summed E-state index contributed by atoms with van der Waals surface area (Å²) < 4.78 is 0. The van der Waals surface area contributed by atoms with Crippen LogP contribution in [0.3, 0.4) is 0 Å². The number of guanidine groups is 1. The van der Waals surface area contributed by atoms with Gasteiger partial charge in [0.05, 0.1) is 16.8 Å². The van der Waals surface area contributed by atoms with Crippen LogP contribution in [0.25, 0.3) is 22.2 Å². The molecular weight excluding hydrogens is 348 g/mol. The lowest BCUT2D eigenvalue weighted by Gasteiger charge is -2.25. The zero-order chi connectivity index (χ0) is 20.3. The zero-order valence-electron chi connectivity index (χ0n) is 16.6. The van der Waals surface area contributed by atoms with E-state index in [0.717, 1.165) is 34.9 Å². The maximum absolute atomic E-state index is 12.8. The molecular formula is C23H26N4O. The number of amides is 1. The van der Waals surface area contributed by atoms with Gasteiger partial charge in [0.15, 0.2) is 5.96 Å². The van der Waals surface area contributed by atoms with Crippen molar-refractivity contribution in [3.8, 4) is 11.3 Å². The van der Waals surface area contributed by atoms with Gasteiger partial charge >= 0.3 is 0 Å². The number of carbonyl (C=O) groups excluding carboxylic acids is 1. The molecule has 0 unspecified atom stereocenters. The Hall–Kier alpha value is -3.21. The van der Waals surface area contributed by atoms with Crippen molar-refractivity contribution in [1.29, 1.82) is 0 Å². The molecule has 0 saturated carbocycles. The summed E-state index contributed by atoms with van der Waals surface area (Å²) in [6.45, 7) is 6.59. The van der Waals surface area contributed by atoms with Gasteiger partial charge in [0, 0.05) is 10.9 Å². The molecule has 28 heavy (non-hydrogen) atoms. The molecule has 1 amide bonds. The number of nitrogens with zero attached hydrogens (tertiary/aromatic N) is 2. The molecule has 2 aromatic carbocycles. The summed E-state index contributed by atoms with van der Waals surface area (Å²) in [5.74, 6) is -0.714. The lowest BCUT2D eigenvalue weighted by molar-refractivity contribution is 0.100. The highest BCUT2D eigenvalue weighted by Gasteiger charge is 2.22. The lowest BCUT2D eigenvalue weighted by Crippen LogP contribution is -2.24. The van der Waals surface area contributed by atoms with E-state index in [0.29, 0.717) is 11.3 Å². The molecule has 0 aliphatic heterocycles. The third-order valence-corrected chi connectivity index (χ3v) is 5.00. The summed E-state index contributed by atoms with van der Waals surface area (Å²) in [7, 11) is 0. The summed E-state index contributed by atoms with van der Waals surface area (Å²) in [6, 6.07) is 17.6. The highest BCUT2D eigenvalue weighted by molar-refractivity contribution is 6.11. The van der Waals surface area contributed by atoms with Crippen molar-refractivity contribution >= 4 is 22.8 Å². The smallest absolute Gasteiger partial charge is 0.280 e. The van der Waals surface area contributed by atoms with Crippen molar-refractivity contribution in [2.45, 2.75) is 39.0 Å². The molecule has 0 aliphatic rings. The first-order valence-electron chi connectivity index (χ1n) is 9.46. The SMILES string of the molecule is CCCC(C)(C)c1ccc2nc(-c3ccccc3)cc(C(=O)N=C(N)N)c2c1. The summed E-state index contributed by atoms with van der Waals surface area (Å²) in [6.07, 6.45) is 2.13. The number of aliphatic imine (C=N–C) groups is 1. The minimum Gasteiger partial charge on any atom is -0.370 e. The molecule has 0 fully saturated rings. The molecule has 1 heterocycles. The molecule has 0 atom stereocenters. The van der Waals surface area contributed by atoms with Gasteiger partial charge in [-0.2, -0.15) is 4.99 Å². The van der Waals surface area contributed by atoms with Crippen LogP contribution in [0.2, 0.25) is 0 Å². The molecule has 0 spiro atoms. The van der Waals surface area contributed by atoms with E-state index in [4.69, 9.17) is 16.5 Å². The number of benzene rings is 2. The molecule has 0 aliphatic carbocycles. The van der Waals surface area contributed by atoms with Crippen molar-refractivity contribution in [3.05, 3.63) is 65.7 Å². The molecule has 5 heteroatoms. The highest BCUT2D eigenvalue weighted by atomic mass is 16.1. The molecule has 1 aromatic heterocycles. The van der Waals surface area contributed by atoms with Crippen molar-refractivity contribution < 1.29 is 4.79 Å². The molecule has 0 radical (unpaired) electrons. The fraction of sp³-hybridized carbons (Fsp3) is 0.261. The van der Waals surface area contributed by atoms with E-state index in [-0.39, 0.29) is 11.4 Å². The van der Waals surface area contributed by atoms with E-state index in [1.807, 2.05) is 42.5 Å². The van der Waals surface area contributed by atoms with Gasteiger partial charge in [-0.3, -0.25) is 4.79 Å². The van der Waals surface area contributed by atoms with Crippen LogP contribution in [0.5, 0.6) is 0 Å². The van der Waals surface area contributed by atoms with Gasteiger partial charge in [-0.05, 0) is 35.6 Å². The first-order chi connectivity index (χ1) is 13.3. The van der Waals surface area contributed by atoms with E-state index in [2.05, 4.69) is 31.8 Å². The number of hydrogen-bond acceptors (Lipinski definition) is 2. The Morgan fingerprint density at radius 2 is 1.79 bits per heavy atom. The van der Waals surface area contributed by atoms with Gasteiger partial charge in [-0.1, -0.05) is 63.6 Å². The fourth-order valence-corrected chi connectivity index (χ4v) is 3.53. The second-order valence-corrected chi connectivity index (χ2v) is 7.63. The Morgan fingerprint density at radius 3 is 2.43 bits per heavy atom. The summed E-state index contributed by atoms with van der Waals surface area (Å²) in [5, 5.41) is 0.761. The largest absolute Gasteiger partial charge is 0.370 e. The average molecular weight is 374 g/mol. The van der Waals surface area contributed by atoms with Gasteiger partial charge < -0.3 is 11.5 Å². The number of hydrogen-bond donors (Lipinski definition) is 2. The van der Waals surface area contributed by atoms with Crippen LogP contribution in [-0.2, 0) is 5.41 Å². The van der Waals surface area contributed by atoms with Crippen LogP contribution in [0.4, 0.5) is 0 Å². The standard InChI is InChI=1S/C23H26N4O/c1-4-12-23(2,3)16-10-11-19-17(13-16)18(21(28)27-22(24)25)14-20(26-19)15-8-6-5-7-9-15/h5-11,13-14H,4,12H2,1-3H3,(H4,24,25,27,28). The van der Waals surface area contributed by atoms with Crippen LogP contribution in [0.15, 0.2) is 59.6 Å². The first kappa shape index (κ1) is 19.5. The third-order valence-electron chi connectivity index (χ3n) is 5.00. The molecule has 144 valence electrons. The topological polar surface area (TPSA) is 94.4 Å². The van der Waals surface area contributed by atoms with Crippen molar-refractivity contribution in [2.24, 2.45) is 16.5 Å². The lowest BCUT2D eigenvalue weighted by atomic mass is 9.80. The van der Waals surface area contributed by atoms with E-state index in [1.54, 1.807) is 6.07 Å². The van der Waals surface area contributed by atoms with E-state index in [9.17, 15) is 4.79 Å². The first-order valence-corrected chi connectivity index (χ1v) is 9.46. The number of pyridine rings is 1. The summed E-state index contributed by atoms with van der Waals surface area (Å²) in [4.78, 5) is 21.3. The minimum atomic E-state index is -0.463. The molecule has 0 bridgehead atoms. The Bertz CT molecular complexity index is 1040. The van der Waals surface area contributed by atoms with Gasteiger partial charge in [-0.25, -0.2) is 4.98 Å². The van der Waals surface area contributed by atoms with E-state index >= 15 is 0 Å².